The second-order valence-corrected chi connectivity index (χ2v) is 5.97. The number of nitrogens with zero attached hydrogens (tertiary/aromatic N) is 2. The Morgan fingerprint density at radius 1 is 0.923 bits per heavy atom. The molecule has 4 aromatic rings. The summed E-state index contributed by atoms with van der Waals surface area (Å²) >= 11 is 0. The molecule has 0 saturated carbocycles. The second-order valence-electron chi connectivity index (χ2n) is 5.97. The van der Waals surface area contributed by atoms with Crippen LogP contribution in [-0.2, 0) is 39.8 Å². The van der Waals surface area contributed by atoms with Gasteiger partial charge in [0.05, 0.1) is 0 Å². The quantitative estimate of drug-likeness (QED) is 0.279. The molecule has 0 saturated heterocycles. The summed E-state index contributed by atoms with van der Waals surface area (Å²) in [7, 11) is 2.05. The summed E-state index contributed by atoms with van der Waals surface area (Å²) in [5.41, 5.74) is 6.39. The van der Waals surface area contributed by atoms with Crippen molar-refractivity contribution in [2.45, 2.75) is 6.92 Å². The van der Waals surface area contributed by atoms with Crippen molar-refractivity contribution >= 4 is 19.3 Å². The fraction of sp³-hybridized carbons (Fsp3) is 0.0909. The number of benzene rings is 2. The molecule has 0 bridgehead atoms. The molecule has 0 amide bonds. The van der Waals surface area contributed by atoms with Gasteiger partial charge in [-0.1, -0.05) is 54.4 Å². The summed E-state index contributed by atoms with van der Waals surface area (Å²) in [5, 5.41) is 1.12. The molecule has 2 nitrogen and oxygen atoms in total. The number of hydrogen-bond donors (Lipinski definition) is 0. The van der Waals surface area contributed by atoms with Crippen molar-refractivity contribution < 1.29 is 37.3 Å². The Labute approximate surface area is 181 Å². The van der Waals surface area contributed by atoms with Gasteiger partial charge in [-0.05, 0) is 11.6 Å². The number of pyridine rings is 2. The van der Waals surface area contributed by atoms with Crippen LogP contribution in [0.15, 0.2) is 66.9 Å². The van der Waals surface area contributed by atoms with Crippen LogP contribution >= 0.6 is 0 Å². The number of para-hydroxylation sites is 1. The number of hydrogen-bond acceptors (Lipinski definition) is 1. The molecule has 26 heavy (non-hydrogen) atoms. The minimum atomic E-state index is 0. The summed E-state index contributed by atoms with van der Waals surface area (Å²) in [4.78, 5) is 4.45. The van der Waals surface area contributed by atoms with Crippen LogP contribution in [0.3, 0.4) is 0 Å². The molecule has 4 rings (SSSR count). The molecule has 0 atom stereocenters. The standard InChI is InChI=1S/C22H17N2.B.Y/c1-16-10-11-17(14-20(16)22-9-5-6-12-24(22)2)19-13-18-7-3-4-8-21(18)23-15-19;;/h3-13H,1-2H3;;/q-1;;. The normalized spacial score (nSPS) is 10.1. The summed E-state index contributed by atoms with van der Waals surface area (Å²) in [6.45, 7) is 2.12. The van der Waals surface area contributed by atoms with E-state index in [0.29, 0.717) is 0 Å². The van der Waals surface area contributed by atoms with Crippen LogP contribution in [0.1, 0.15) is 5.56 Å². The zero-order chi connectivity index (χ0) is 16.5. The maximum absolute atomic E-state index is 4.45. The molecule has 2 heterocycles. The minimum absolute atomic E-state index is 0. The minimum Gasteiger partial charge on any atom is -0.360 e. The number of aryl methyl sites for hydroxylation is 2. The number of rotatable bonds is 2. The van der Waals surface area contributed by atoms with Gasteiger partial charge >= 0.3 is 0 Å². The summed E-state index contributed by atoms with van der Waals surface area (Å²) < 4.78 is 2.12. The van der Waals surface area contributed by atoms with E-state index in [0.717, 1.165) is 33.3 Å². The van der Waals surface area contributed by atoms with Crippen LogP contribution in [0.25, 0.3) is 33.3 Å². The van der Waals surface area contributed by atoms with E-state index >= 15 is 0 Å². The molecule has 4 radical (unpaired) electrons. The molecule has 0 spiro atoms. The Morgan fingerprint density at radius 2 is 1.69 bits per heavy atom. The third-order valence-corrected chi connectivity index (χ3v) is 4.29. The van der Waals surface area contributed by atoms with E-state index in [9.17, 15) is 0 Å². The van der Waals surface area contributed by atoms with Gasteiger partial charge in [0.1, 0.15) is 12.7 Å². The van der Waals surface area contributed by atoms with Crippen molar-refractivity contribution in [3.8, 4) is 22.4 Å². The smallest absolute Gasteiger partial charge is 0.161 e. The van der Waals surface area contributed by atoms with Crippen LogP contribution in [0.2, 0.25) is 0 Å². The topological polar surface area (TPSA) is 16.8 Å². The monoisotopic (exact) mass is 409 g/mol. The first-order valence-corrected chi connectivity index (χ1v) is 7.98. The average Bonchev–Trinajstić information content (AvgIpc) is 2.62. The van der Waals surface area contributed by atoms with E-state index in [1.165, 1.54) is 5.56 Å². The van der Waals surface area contributed by atoms with E-state index < -0.39 is 0 Å². The Kier molecular flexibility index (Phi) is 6.86. The number of fused-ring (bicyclic) bond motifs is 1. The third kappa shape index (κ3) is 3.95. The molecule has 4 heteroatoms. The van der Waals surface area contributed by atoms with Crippen molar-refractivity contribution in [1.82, 2.24) is 4.98 Å². The third-order valence-electron chi connectivity index (χ3n) is 4.29. The second kappa shape index (κ2) is 8.70. The predicted octanol–water partition coefficient (Wildman–Crippen LogP) is 3.92. The largest absolute Gasteiger partial charge is 0.360 e. The van der Waals surface area contributed by atoms with Crippen LogP contribution in [0.5, 0.6) is 0 Å². The van der Waals surface area contributed by atoms with Gasteiger partial charge in [0.2, 0.25) is 0 Å². The van der Waals surface area contributed by atoms with Gasteiger partial charge in [0.15, 0.2) is 6.20 Å². The Bertz CT molecular complexity index is 1050. The van der Waals surface area contributed by atoms with Crippen LogP contribution in [0.4, 0.5) is 0 Å². The van der Waals surface area contributed by atoms with Gasteiger partial charge in [-0.2, -0.15) is 29.3 Å². The molecule has 0 fully saturated rings. The van der Waals surface area contributed by atoms with E-state index in [-0.39, 0.29) is 41.1 Å². The molecular weight excluding hydrogens is 392 g/mol. The Morgan fingerprint density at radius 3 is 2.50 bits per heavy atom. The molecule has 0 aliphatic heterocycles. The molecule has 2 aromatic heterocycles. The van der Waals surface area contributed by atoms with Crippen LogP contribution in [-0.4, -0.2) is 13.4 Å². The van der Waals surface area contributed by atoms with Gasteiger partial charge in [0.25, 0.3) is 0 Å². The average molecular weight is 409 g/mol. The molecule has 0 aliphatic carbocycles. The molecular formula is C22H17BN2Y-. The SMILES string of the molecule is Cc1ccc(-c2[c-]nc3ccccc3c2)[c-]c1-c1cccc[n+]1C.[B].[Y]. The summed E-state index contributed by atoms with van der Waals surface area (Å²) in [6, 6.07) is 24.2. The fourth-order valence-electron chi connectivity index (χ4n) is 2.93. The fourth-order valence-corrected chi connectivity index (χ4v) is 2.93. The van der Waals surface area contributed by atoms with Gasteiger partial charge < -0.3 is 4.98 Å². The van der Waals surface area contributed by atoms with Crippen molar-refractivity contribution in [1.29, 1.82) is 0 Å². The maximum atomic E-state index is 4.45. The van der Waals surface area contributed by atoms with Crippen molar-refractivity contribution in [2.24, 2.45) is 7.05 Å². The van der Waals surface area contributed by atoms with Crippen molar-refractivity contribution in [3.63, 3.8) is 0 Å². The van der Waals surface area contributed by atoms with Gasteiger partial charge in [0, 0.05) is 47.2 Å². The van der Waals surface area contributed by atoms with E-state index in [2.05, 4.69) is 78.4 Å². The van der Waals surface area contributed by atoms with E-state index in [1.807, 2.05) is 24.3 Å². The summed E-state index contributed by atoms with van der Waals surface area (Å²) in [5.74, 6) is 0. The van der Waals surface area contributed by atoms with Crippen LogP contribution < -0.4 is 4.57 Å². The molecule has 122 valence electrons. The van der Waals surface area contributed by atoms with Crippen molar-refractivity contribution in [3.05, 3.63) is 84.7 Å². The maximum Gasteiger partial charge on any atom is 0.161 e. The Balaban J connectivity index is 0.00000121. The number of aromatic nitrogens is 2. The van der Waals surface area contributed by atoms with E-state index in [1.54, 1.807) is 0 Å². The van der Waals surface area contributed by atoms with Gasteiger partial charge in [-0.15, -0.1) is 11.6 Å². The first kappa shape index (κ1) is 20.5. The Hall–Kier alpha value is -1.83. The molecule has 0 aliphatic rings. The molecule has 2 aromatic carbocycles. The molecule has 0 unspecified atom stereocenters. The first-order chi connectivity index (χ1) is 11.7. The summed E-state index contributed by atoms with van der Waals surface area (Å²) in [6.07, 6.45) is 5.21. The first-order valence-electron chi connectivity index (χ1n) is 7.98. The van der Waals surface area contributed by atoms with Gasteiger partial charge in [-0.25, -0.2) is 4.57 Å². The zero-order valence-electron chi connectivity index (χ0n) is 14.9. The van der Waals surface area contributed by atoms with Crippen LogP contribution in [0, 0.1) is 19.2 Å². The van der Waals surface area contributed by atoms with E-state index in [4.69, 9.17) is 0 Å². The predicted molar refractivity (Wildman–Crippen MR) is 102 cm³/mol. The molecule has 0 N–H and O–H groups in total. The zero-order valence-corrected chi connectivity index (χ0v) is 17.7. The van der Waals surface area contributed by atoms with Crippen molar-refractivity contribution in [2.75, 3.05) is 0 Å². The van der Waals surface area contributed by atoms with Gasteiger partial charge in [-0.3, -0.25) is 0 Å².